The maximum atomic E-state index is 14.2. The zero-order chi connectivity index (χ0) is 76.2. The van der Waals surface area contributed by atoms with E-state index >= 15 is 0 Å². The summed E-state index contributed by atoms with van der Waals surface area (Å²) in [7, 11) is 0. The van der Waals surface area contributed by atoms with E-state index in [-0.39, 0.29) is 67.6 Å². The molecule has 102 heavy (non-hydrogen) atoms. The van der Waals surface area contributed by atoms with E-state index in [4.69, 9.17) is 15.3 Å². The Morgan fingerprint density at radius 2 is 0.873 bits per heavy atom. The van der Waals surface area contributed by atoms with Crippen LogP contribution in [0.2, 0.25) is 0 Å². The molecule has 0 unspecified atom stereocenters. The number of carbonyl (C=O) groups excluding carboxylic acids is 7. The van der Waals surface area contributed by atoms with Crippen LogP contribution in [0.3, 0.4) is 0 Å². The molecular formula is C63H80FN13O25. The number of alkyl halides is 1. The van der Waals surface area contributed by atoms with Crippen molar-refractivity contribution in [1.82, 2.24) is 57.5 Å². The number of anilines is 2. The number of carbonyl (C=O) groups is 16. The van der Waals surface area contributed by atoms with Crippen LogP contribution in [0.25, 0.3) is 0 Å². The summed E-state index contributed by atoms with van der Waals surface area (Å²) in [5.41, 5.74) is -0.302. The molecule has 0 aliphatic heterocycles. The second kappa shape index (κ2) is 42.5. The van der Waals surface area contributed by atoms with Crippen LogP contribution >= 0.6 is 0 Å². The maximum absolute atomic E-state index is 14.2. The number of halogens is 1. The van der Waals surface area contributed by atoms with Gasteiger partial charge < -0.3 is 99.1 Å². The summed E-state index contributed by atoms with van der Waals surface area (Å²) in [4.78, 5) is 198. The van der Waals surface area contributed by atoms with E-state index in [0.29, 0.717) is 16.8 Å². The molecule has 0 fully saturated rings. The van der Waals surface area contributed by atoms with Crippen LogP contribution in [0.15, 0.2) is 90.8 Å². The van der Waals surface area contributed by atoms with Crippen LogP contribution in [0.4, 0.5) is 30.1 Å². The number of nitrogens with zero attached hydrogens (tertiary/aromatic N) is 3. The standard InChI is InChI=1S/C63H80FN13O25/c1-3-37(11-6-34(2)29-44(57(94)95)71-60(100)68-41(54(88)89)16-19-51(82)83)65-47(78)22-25-63(74-50(81)33-77-32-40(75-76-77)5-4-28-64,26-23-48(79)66-38-12-7-35(8-13-38)30-45(58(96)97)72-61(101)69-42(55(90)91)17-20-52(84)85)27-24-49(80)67-39-14-9-36(10-15-39)31-46(59(98)99)73-62(102)70-43(56(92)93)18-21-53(86)87/h3,6-15,32,41-46H,2,4-5,16-31,33H2,1H3,(H,65,78)(H,66,79)(H,67,80)(H,74,81)(H,82,83)(H,84,85)(H,86,87)(H,88,89)(H,90,91)(H,92,93)(H,94,95)(H,96,97)(H,98,99)(H2,68,71,100)(H2,69,72,101)(H2,70,73,102)/b11-6-,37-3+/t41-,42-,43-,44-,45-,46-/m0/s1. The minimum Gasteiger partial charge on any atom is -0.481 e. The third-order valence-corrected chi connectivity index (χ3v) is 14.8. The Balaban J connectivity index is 1.97. The summed E-state index contributed by atoms with van der Waals surface area (Å²) in [6.45, 7) is 4.10. The van der Waals surface area contributed by atoms with E-state index in [1.807, 2.05) is 16.0 Å². The fourth-order valence-electron chi connectivity index (χ4n) is 9.47. The van der Waals surface area contributed by atoms with E-state index in [0.717, 1.165) is 4.68 Å². The maximum Gasteiger partial charge on any atom is 0.326 e. The predicted molar refractivity (Wildman–Crippen MR) is 349 cm³/mol. The van der Waals surface area contributed by atoms with E-state index in [1.165, 1.54) is 79.9 Å². The SMILES string of the molecule is C=C(/C=C\C(=C/C)NC(=O)CCC(CCC(=O)Nc1ccc(C[C@H](NC(=O)N[C@@H](CCC(=O)O)C(=O)O)C(=O)O)cc1)(CCC(=O)Nc1ccc(C[C@H](NC(=O)N[C@@H](CCC(=O)O)C(=O)O)C(=O)O)cc1)NC(=O)Cn1cc(CCCF)nn1)C[C@H](NC(=O)N[C@@H](CCC(=O)O)C(=O)O)C(=O)O. The van der Waals surface area contributed by atoms with Crippen LogP contribution in [-0.4, -0.2) is 205 Å². The summed E-state index contributed by atoms with van der Waals surface area (Å²) < 4.78 is 14.2. The summed E-state index contributed by atoms with van der Waals surface area (Å²) in [6, 6.07) is -2.61. The van der Waals surface area contributed by atoms with Gasteiger partial charge in [-0.15, -0.1) is 5.10 Å². The van der Waals surface area contributed by atoms with E-state index in [1.54, 1.807) is 0 Å². The molecule has 1 aromatic heterocycles. The lowest BCUT2D eigenvalue weighted by molar-refractivity contribution is -0.142. The number of amides is 10. The van der Waals surface area contributed by atoms with Crippen molar-refractivity contribution in [2.45, 2.75) is 164 Å². The summed E-state index contributed by atoms with van der Waals surface area (Å²) in [5, 5.41) is 116. The van der Waals surface area contributed by atoms with Crippen LogP contribution < -0.4 is 53.2 Å². The lowest BCUT2D eigenvalue weighted by atomic mass is 9.83. The molecule has 0 aliphatic carbocycles. The average Bonchev–Trinajstić information content (AvgIpc) is 0.844. The van der Waals surface area contributed by atoms with Crippen molar-refractivity contribution in [2.24, 2.45) is 0 Å². The summed E-state index contributed by atoms with van der Waals surface area (Å²) in [5.74, 6) is -16.3. The van der Waals surface area contributed by atoms with Crippen molar-refractivity contribution in [1.29, 1.82) is 0 Å². The lowest BCUT2D eigenvalue weighted by Crippen LogP contribution is -2.51. The third-order valence-electron chi connectivity index (χ3n) is 14.8. The van der Waals surface area contributed by atoms with Crippen molar-refractivity contribution >= 4 is 107 Å². The Bertz CT molecular complexity index is 3470. The highest BCUT2D eigenvalue weighted by Gasteiger charge is 2.35. The molecule has 38 nitrogen and oxygen atoms in total. The molecule has 39 heteroatoms. The molecule has 0 saturated heterocycles. The van der Waals surface area contributed by atoms with E-state index < -0.39 is 215 Å². The second-order valence-electron chi connectivity index (χ2n) is 22.9. The molecule has 0 aliphatic rings. The molecule has 0 saturated carbocycles. The number of aliphatic carboxylic acids is 9. The number of benzene rings is 2. The van der Waals surface area contributed by atoms with Crippen molar-refractivity contribution in [3.63, 3.8) is 0 Å². The second-order valence-corrected chi connectivity index (χ2v) is 22.9. The molecule has 2 aromatic carbocycles. The van der Waals surface area contributed by atoms with Gasteiger partial charge in [-0.05, 0) is 99.8 Å². The molecule has 3 aromatic rings. The van der Waals surface area contributed by atoms with Gasteiger partial charge >= 0.3 is 71.8 Å². The van der Waals surface area contributed by atoms with Gasteiger partial charge in [-0.25, -0.2) is 47.8 Å². The lowest BCUT2D eigenvalue weighted by Gasteiger charge is -2.35. The normalized spacial score (nSPS) is 13.0. The Kier molecular flexibility index (Phi) is 34.9. The fraction of sp³-hybridized carbons (Fsp3) is 0.429. The number of hydrogen-bond acceptors (Lipinski definition) is 18. The zero-order valence-corrected chi connectivity index (χ0v) is 54.8. The first-order chi connectivity index (χ1) is 48.1. The molecule has 3 rings (SSSR count). The number of urea groups is 3. The first-order valence-electron chi connectivity index (χ1n) is 31.2. The van der Waals surface area contributed by atoms with E-state index in [2.05, 4.69) is 54.1 Å². The van der Waals surface area contributed by atoms with Gasteiger partial charge in [0.05, 0.1) is 12.4 Å². The molecular weight excluding hydrogens is 1360 g/mol. The molecule has 1 heterocycles. The molecule has 554 valence electrons. The van der Waals surface area contributed by atoms with Crippen molar-refractivity contribution in [2.75, 3.05) is 17.3 Å². The Hall–Kier alpha value is -12.3. The van der Waals surface area contributed by atoms with Gasteiger partial charge in [0.25, 0.3) is 0 Å². The number of carboxylic acids is 9. The molecule has 19 N–H and O–H groups in total. The summed E-state index contributed by atoms with van der Waals surface area (Å²) >= 11 is 0. The molecule has 0 spiro atoms. The molecule has 0 bridgehead atoms. The van der Waals surface area contributed by atoms with Crippen LogP contribution in [-0.2, 0) is 88.1 Å². The Morgan fingerprint density at radius 3 is 1.24 bits per heavy atom. The quantitative estimate of drug-likeness (QED) is 0.0356. The van der Waals surface area contributed by atoms with Crippen molar-refractivity contribution in [3.05, 3.63) is 108 Å². The van der Waals surface area contributed by atoms with Gasteiger partial charge in [-0.3, -0.25) is 38.0 Å². The molecule has 6 atom stereocenters. The van der Waals surface area contributed by atoms with Crippen molar-refractivity contribution in [3.8, 4) is 0 Å². The highest BCUT2D eigenvalue weighted by atomic mass is 19.1. The summed E-state index contributed by atoms with van der Waals surface area (Å²) in [6.07, 6.45) is -1.24. The largest absolute Gasteiger partial charge is 0.481 e. The Morgan fingerprint density at radius 1 is 0.500 bits per heavy atom. The highest BCUT2D eigenvalue weighted by molar-refractivity contribution is 5.93. The van der Waals surface area contributed by atoms with Crippen LogP contribution in [0, 0.1) is 0 Å². The monoisotopic (exact) mass is 1440 g/mol. The molecule has 0 radical (unpaired) electrons. The fourth-order valence-corrected chi connectivity index (χ4v) is 9.47. The van der Waals surface area contributed by atoms with Gasteiger partial charge in [0.1, 0.15) is 42.8 Å². The smallest absolute Gasteiger partial charge is 0.326 e. The molecule has 10 amide bonds. The number of rotatable bonds is 47. The number of aromatic nitrogens is 3. The van der Waals surface area contributed by atoms with Crippen molar-refractivity contribution < 1.29 is 127 Å². The first kappa shape index (κ1) is 83.9. The number of allylic oxidation sites excluding steroid dienone is 3. The number of carboxylic acid groups (broad SMARTS) is 9. The van der Waals surface area contributed by atoms with Crippen LogP contribution in [0.5, 0.6) is 0 Å². The first-order valence-corrected chi connectivity index (χ1v) is 31.2. The Labute approximate surface area is 579 Å². The van der Waals surface area contributed by atoms with Gasteiger partial charge in [-0.2, -0.15) is 0 Å². The predicted octanol–water partition coefficient (Wildman–Crippen LogP) is 1.47. The zero-order valence-electron chi connectivity index (χ0n) is 54.8. The number of aryl methyl sites for hydroxylation is 1. The van der Waals surface area contributed by atoms with Gasteiger partial charge in [0, 0.05) is 86.6 Å². The van der Waals surface area contributed by atoms with E-state index in [9.17, 15) is 112 Å². The number of nitrogens with one attached hydrogen (secondary N) is 10. The van der Waals surface area contributed by atoms with Gasteiger partial charge in [-0.1, -0.05) is 53.8 Å². The minimum atomic E-state index is -1.69. The topological polar surface area (TPSA) is 606 Å². The highest BCUT2D eigenvalue weighted by Crippen LogP contribution is 2.28. The van der Waals surface area contributed by atoms with Crippen LogP contribution in [0.1, 0.15) is 114 Å². The number of hydrogen-bond donors (Lipinski definition) is 19. The third kappa shape index (κ3) is 32.8. The van der Waals surface area contributed by atoms with Gasteiger partial charge in [0.2, 0.25) is 23.6 Å². The van der Waals surface area contributed by atoms with Gasteiger partial charge in [0.15, 0.2) is 0 Å². The minimum absolute atomic E-state index is 0.0601. The average molecular weight is 1440 g/mol.